The van der Waals surface area contributed by atoms with Crippen LogP contribution in [0.2, 0.25) is 0 Å². The molecule has 1 aliphatic carbocycles. The molecule has 5 nitrogen and oxygen atoms in total. The number of aliphatic imine (C=N–C) groups is 1. The van der Waals surface area contributed by atoms with E-state index in [1.165, 1.54) is 16.7 Å². The molecule has 1 aromatic heterocycles. The quantitative estimate of drug-likeness (QED) is 0.874. The minimum absolute atomic E-state index is 0.0146. The number of benzene rings is 1. The van der Waals surface area contributed by atoms with Crippen LogP contribution >= 0.6 is 0 Å². The topological polar surface area (TPSA) is 73.4 Å². The molecule has 1 aromatic carbocycles. The van der Waals surface area contributed by atoms with E-state index >= 15 is 0 Å². The van der Waals surface area contributed by atoms with Crippen LogP contribution in [0.1, 0.15) is 24.5 Å². The second-order valence-electron chi connectivity index (χ2n) is 6.06. The molecule has 112 valence electrons. The second-order valence-corrected chi connectivity index (χ2v) is 6.06. The fourth-order valence-electron chi connectivity index (χ4n) is 3.60. The van der Waals surface area contributed by atoms with E-state index in [-0.39, 0.29) is 11.6 Å². The van der Waals surface area contributed by atoms with Crippen molar-refractivity contribution in [1.82, 2.24) is 9.97 Å². The summed E-state index contributed by atoms with van der Waals surface area (Å²) in [6, 6.07) is 6.75. The Hall–Kier alpha value is -2.43. The zero-order valence-corrected chi connectivity index (χ0v) is 12.5. The van der Waals surface area contributed by atoms with Crippen molar-refractivity contribution in [1.29, 1.82) is 0 Å². The van der Waals surface area contributed by atoms with Crippen LogP contribution in [0.4, 0.5) is 0 Å². The third-order valence-electron chi connectivity index (χ3n) is 4.84. The standard InChI is InChI=1S/C17H18N4O/c1-11-17(21-16(18)22-11)6-5-12-3-2-4-14(15(12)7-17)13-8-19-10-20-9-13/h2-4,8-11H,5-7H2,1H3,(H2,18,21). The average Bonchev–Trinajstić information content (AvgIpc) is 2.81. The number of hydrogen-bond acceptors (Lipinski definition) is 5. The van der Waals surface area contributed by atoms with Crippen molar-refractivity contribution in [3.05, 3.63) is 48.0 Å². The summed E-state index contributed by atoms with van der Waals surface area (Å²) in [6.45, 7) is 2.06. The van der Waals surface area contributed by atoms with Crippen molar-refractivity contribution >= 4 is 6.02 Å². The summed E-state index contributed by atoms with van der Waals surface area (Å²) >= 11 is 0. The molecule has 2 unspecified atom stereocenters. The Morgan fingerprint density at radius 3 is 2.82 bits per heavy atom. The summed E-state index contributed by atoms with van der Waals surface area (Å²) in [7, 11) is 0. The first-order chi connectivity index (χ1) is 10.7. The Morgan fingerprint density at radius 2 is 2.09 bits per heavy atom. The predicted molar refractivity (Wildman–Crippen MR) is 84.4 cm³/mol. The molecule has 22 heavy (non-hydrogen) atoms. The monoisotopic (exact) mass is 294 g/mol. The number of nitrogens with two attached hydrogens (primary N) is 1. The van der Waals surface area contributed by atoms with E-state index in [0.717, 1.165) is 24.8 Å². The van der Waals surface area contributed by atoms with Crippen molar-refractivity contribution in [3.63, 3.8) is 0 Å². The van der Waals surface area contributed by atoms with Gasteiger partial charge in [0.25, 0.3) is 6.02 Å². The number of fused-ring (bicyclic) bond motifs is 1. The van der Waals surface area contributed by atoms with Gasteiger partial charge in [-0.3, -0.25) is 0 Å². The predicted octanol–water partition coefficient (Wildman–Crippen LogP) is 2.10. The van der Waals surface area contributed by atoms with E-state index in [2.05, 4.69) is 40.1 Å². The highest BCUT2D eigenvalue weighted by Crippen LogP contribution is 2.41. The zero-order valence-electron chi connectivity index (χ0n) is 12.5. The lowest BCUT2D eigenvalue weighted by Gasteiger charge is -2.35. The molecule has 0 saturated carbocycles. The molecule has 1 spiro atoms. The molecule has 2 atom stereocenters. The maximum atomic E-state index is 5.81. The van der Waals surface area contributed by atoms with E-state index in [4.69, 9.17) is 10.5 Å². The van der Waals surface area contributed by atoms with Gasteiger partial charge in [0.2, 0.25) is 0 Å². The van der Waals surface area contributed by atoms with Gasteiger partial charge in [0.15, 0.2) is 0 Å². The van der Waals surface area contributed by atoms with Crippen LogP contribution in [-0.4, -0.2) is 27.6 Å². The van der Waals surface area contributed by atoms with E-state index in [1.54, 1.807) is 6.33 Å². The molecule has 0 fully saturated rings. The van der Waals surface area contributed by atoms with Crippen molar-refractivity contribution < 1.29 is 4.74 Å². The van der Waals surface area contributed by atoms with Crippen molar-refractivity contribution in [2.45, 2.75) is 37.8 Å². The molecule has 2 N–H and O–H groups in total. The summed E-state index contributed by atoms with van der Waals surface area (Å²) in [6.07, 6.45) is 8.08. The van der Waals surface area contributed by atoms with Crippen LogP contribution in [-0.2, 0) is 17.6 Å². The summed E-state index contributed by atoms with van der Waals surface area (Å²) in [5.74, 6) is 0. The van der Waals surface area contributed by atoms with Gasteiger partial charge in [-0.1, -0.05) is 18.2 Å². The van der Waals surface area contributed by atoms with Crippen molar-refractivity contribution in [2.24, 2.45) is 10.7 Å². The van der Waals surface area contributed by atoms with Gasteiger partial charge < -0.3 is 10.5 Å². The third kappa shape index (κ3) is 1.96. The van der Waals surface area contributed by atoms with Gasteiger partial charge in [0.1, 0.15) is 18.0 Å². The van der Waals surface area contributed by atoms with E-state index in [1.807, 2.05) is 12.4 Å². The lowest BCUT2D eigenvalue weighted by atomic mass is 9.74. The van der Waals surface area contributed by atoms with Crippen LogP contribution in [0.3, 0.4) is 0 Å². The normalized spacial score (nSPS) is 26.4. The van der Waals surface area contributed by atoms with Crippen molar-refractivity contribution in [3.8, 4) is 11.1 Å². The molecule has 1 aliphatic heterocycles. The number of aromatic nitrogens is 2. The van der Waals surface area contributed by atoms with E-state index < -0.39 is 0 Å². The molecule has 4 rings (SSSR count). The number of hydrogen-bond donors (Lipinski definition) is 1. The van der Waals surface area contributed by atoms with Gasteiger partial charge in [0.05, 0.1) is 0 Å². The molecule has 2 aromatic rings. The number of ether oxygens (including phenoxy) is 1. The Morgan fingerprint density at radius 1 is 1.27 bits per heavy atom. The Bertz CT molecular complexity index is 744. The molecule has 0 radical (unpaired) electrons. The molecule has 2 heterocycles. The first kappa shape index (κ1) is 13.2. The number of nitrogens with zero attached hydrogens (tertiary/aromatic N) is 3. The fraction of sp³-hybridized carbons (Fsp3) is 0.353. The molecule has 0 bridgehead atoms. The molecular formula is C17H18N4O. The first-order valence-electron chi connectivity index (χ1n) is 7.56. The highest BCUT2D eigenvalue weighted by atomic mass is 16.5. The lowest BCUT2D eigenvalue weighted by Crippen LogP contribution is -2.41. The van der Waals surface area contributed by atoms with Gasteiger partial charge >= 0.3 is 0 Å². The summed E-state index contributed by atoms with van der Waals surface area (Å²) < 4.78 is 5.62. The van der Waals surface area contributed by atoms with Gasteiger partial charge in [-0.2, -0.15) is 0 Å². The highest BCUT2D eigenvalue weighted by molar-refractivity contribution is 5.75. The maximum absolute atomic E-state index is 5.81. The molecular weight excluding hydrogens is 276 g/mol. The Kier molecular flexibility index (Phi) is 2.89. The summed E-state index contributed by atoms with van der Waals surface area (Å²) in [5, 5.41) is 0. The maximum Gasteiger partial charge on any atom is 0.282 e. The van der Waals surface area contributed by atoms with Crippen LogP contribution in [0.15, 0.2) is 41.9 Å². The molecule has 5 heteroatoms. The minimum Gasteiger partial charge on any atom is -0.460 e. The largest absolute Gasteiger partial charge is 0.460 e. The lowest BCUT2D eigenvalue weighted by molar-refractivity contribution is 0.140. The zero-order chi connectivity index (χ0) is 15.2. The Balaban J connectivity index is 1.81. The number of amidine groups is 1. The number of aryl methyl sites for hydroxylation is 1. The van der Waals surface area contributed by atoms with Gasteiger partial charge in [-0.25, -0.2) is 15.0 Å². The highest BCUT2D eigenvalue weighted by Gasteiger charge is 2.45. The van der Waals surface area contributed by atoms with Crippen LogP contribution in [0.25, 0.3) is 11.1 Å². The SMILES string of the molecule is CC1OC(N)=NC12CCc1cccc(-c3cncnc3)c1C2. The molecule has 2 aliphatic rings. The average molecular weight is 294 g/mol. The Labute approximate surface area is 129 Å². The molecule has 0 saturated heterocycles. The van der Waals surface area contributed by atoms with Gasteiger partial charge in [0, 0.05) is 24.4 Å². The third-order valence-corrected chi connectivity index (χ3v) is 4.84. The van der Waals surface area contributed by atoms with E-state index in [0.29, 0.717) is 6.02 Å². The number of rotatable bonds is 1. The fourth-order valence-corrected chi connectivity index (χ4v) is 3.60. The second kappa shape index (κ2) is 4.80. The first-order valence-corrected chi connectivity index (χ1v) is 7.56. The smallest absolute Gasteiger partial charge is 0.282 e. The van der Waals surface area contributed by atoms with Gasteiger partial charge in [-0.05, 0) is 36.5 Å². The minimum atomic E-state index is -0.233. The summed E-state index contributed by atoms with van der Waals surface area (Å²) in [5.41, 5.74) is 10.5. The van der Waals surface area contributed by atoms with Gasteiger partial charge in [-0.15, -0.1) is 0 Å². The van der Waals surface area contributed by atoms with Crippen LogP contribution in [0.5, 0.6) is 0 Å². The summed E-state index contributed by atoms with van der Waals surface area (Å²) in [4.78, 5) is 12.9. The van der Waals surface area contributed by atoms with Crippen LogP contribution in [0, 0.1) is 0 Å². The molecule has 0 amide bonds. The van der Waals surface area contributed by atoms with E-state index in [9.17, 15) is 0 Å². The van der Waals surface area contributed by atoms with Crippen molar-refractivity contribution in [2.75, 3.05) is 0 Å². The van der Waals surface area contributed by atoms with Crippen LogP contribution < -0.4 is 5.73 Å².